The first-order valence-electron chi connectivity index (χ1n) is 14.0. The second kappa shape index (κ2) is 33.2. The molecule has 0 spiro atoms. The first-order chi connectivity index (χ1) is 16.6. The second-order valence-electron chi connectivity index (χ2n) is 8.90. The van der Waals surface area contributed by atoms with Crippen molar-refractivity contribution < 1.29 is 29.7 Å². The fraction of sp³-hybridized carbons (Fsp3) is 0.893. The molecular formula is C28H58O6Sn. The van der Waals surface area contributed by atoms with Crippen LogP contribution < -0.4 is 0 Å². The molecule has 3 unspecified atom stereocenters. The van der Waals surface area contributed by atoms with Crippen molar-refractivity contribution in [2.24, 2.45) is 17.8 Å². The molecule has 0 bridgehead atoms. The van der Waals surface area contributed by atoms with Gasteiger partial charge in [-0.1, -0.05) is 80.1 Å². The molecule has 0 aromatic rings. The average Bonchev–Trinajstić information content (AvgIpc) is 2.82. The maximum atomic E-state index is 10.4. The molecule has 0 aromatic heterocycles. The summed E-state index contributed by atoms with van der Waals surface area (Å²) in [5.41, 5.74) is 0. The summed E-state index contributed by atoms with van der Waals surface area (Å²) in [6, 6.07) is 0. The Balaban J connectivity index is -0.000000188. The number of carbonyl (C=O) groups is 3. The summed E-state index contributed by atoms with van der Waals surface area (Å²) in [5.74, 6) is -2.26. The molecule has 0 aliphatic rings. The van der Waals surface area contributed by atoms with E-state index >= 15 is 0 Å². The first kappa shape index (κ1) is 41.3. The molecule has 0 aromatic carbocycles. The van der Waals surface area contributed by atoms with Crippen LogP contribution in [0.5, 0.6) is 0 Å². The van der Waals surface area contributed by atoms with Crippen LogP contribution >= 0.6 is 0 Å². The Morgan fingerprint density at radius 2 is 0.743 bits per heavy atom. The summed E-state index contributed by atoms with van der Waals surface area (Å²) < 4.78 is 1.47. The molecule has 0 fully saturated rings. The van der Waals surface area contributed by atoms with Crippen molar-refractivity contribution in [2.45, 2.75) is 143 Å². The Morgan fingerprint density at radius 1 is 0.514 bits per heavy atom. The predicted octanol–water partition coefficient (Wildman–Crippen LogP) is 7.97. The van der Waals surface area contributed by atoms with Gasteiger partial charge in [-0.3, -0.25) is 14.4 Å². The van der Waals surface area contributed by atoms with E-state index in [1.165, 1.54) is 39.8 Å². The Kier molecular flexibility index (Phi) is 39.2. The Hall–Kier alpha value is -0.791. The zero-order valence-electron chi connectivity index (χ0n) is 24.0. The number of carboxylic acids is 3. The van der Waals surface area contributed by atoms with Crippen molar-refractivity contribution in [3.63, 3.8) is 0 Å². The quantitative estimate of drug-likeness (QED) is 0.144. The van der Waals surface area contributed by atoms with E-state index in [9.17, 15) is 14.4 Å². The number of aliphatic carboxylic acids is 3. The third-order valence-corrected chi connectivity index (χ3v) is 6.97. The molecule has 0 heterocycles. The van der Waals surface area contributed by atoms with Crippen LogP contribution in [0.2, 0.25) is 4.44 Å². The molecule has 0 aliphatic heterocycles. The fourth-order valence-electron chi connectivity index (χ4n) is 3.06. The van der Waals surface area contributed by atoms with Crippen molar-refractivity contribution in [3.05, 3.63) is 0 Å². The average molecular weight is 609 g/mol. The van der Waals surface area contributed by atoms with Gasteiger partial charge in [-0.25, -0.2) is 0 Å². The van der Waals surface area contributed by atoms with Crippen LogP contribution in [0.1, 0.15) is 138 Å². The number of carboxylic acid groups (broad SMARTS) is 3. The van der Waals surface area contributed by atoms with Gasteiger partial charge in [-0.15, -0.1) is 0 Å². The van der Waals surface area contributed by atoms with Crippen LogP contribution in [0.3, 0.4) is 0 Å². The van der Waals surface area contributed by atoms with E-state index < -0.39 is 17.9 Å². The van der Waals surface area contributed by atoms with Gasteiger partial charge in [0.15, 0.2) is 0 Å². The molecule has 6 nitrogen and oxygen atoms in total. The van der Waals surface area contributed by atoms with Gasteiger partial charge in [-0.2, -0.15) is 0 Å². The van der Waals surface area contributed by atoms with Crippen LogP contribution in [-0.2, 0) is 14.4 Å². The van der Waals surface area contributed by atoms with Gasteiger partial charge in [0.1, 0.15) is 0 Å². The number of unbranched alkanes of at least 4 members (excludes halogenated alkanes) is 4. The summed E-state index contributed by atoms with van der Waals surface area (Å²) in [4.78, 5) is 31.3. The Bertz CT molecular complexity index is 407. The number of rotatable bonds is 17. The van der Waals surface area contributed by atoms with Gasteiger partial charge in [-0.05, 0) is 38.5 Å². The van der Waals surface area contributed by atoms with E-state index in [0.29, 0.717) is 0 Å². The van der Waals surface area contributed by atoms with E-state index in [4.69, 9.17) is 15.3 Å². The van der Waals surface area contributed by atoms with Gasteiger partial charge in [0.05, 0.1) is 17.8 Å². The molecule has 35 heavy (non-hydrogen) atoms. The van der Waals surface area contributed by atoms with E-state index in [0.717, 1.165) is 77.0 Å². The van der Waals surface area contributed by atoms with Crippen LogP contribution in [0.25, 0.3) is 0 Å². The summed E-state index contributed by atoms with van der Waals surface area (Å²) in [7, 11) is 0. The second-order valence-corrected chi connectivity index (χ2v) is 10.5. The van der Waals surface area contributed by atoms with Gasteiger partial charge in [0.2, 0.25) is 0 Å². The molecule has 0 saturated heterocycles. The SMILES string of the molecule is CCCCC(CC)C(=O)O.CCCCC(CC)C(=O)O.CCCCC(CC)C(=O)O.CCC[CH2][SnH]. The van der Waals surface area contributed by atoms with E-state index in [1.807, 2.05) is 20.8 Å². The molecule has 7 heteroatoms. The minimum absolute atomic E-state index is 0.111. The molecule has 0 amide bonds. The molecule has 3 atom stereocenters. The number of hydrogen-bond donors (Lipinski definition) is 3. The van der Waals surface area contributed by atoms with Crippen LogP contribution in [0, 0.1) is 17.8 Å². The van der Waals surface area contributed by atoms with Crippen LogP contribution in [-0.4, -0.2) is 55.8 Å². The standard InChI is InChI=1S/3C8H16O2.C4H9.Sn.H/c3*1-3-5-6-7(4-2)8(9)10;1-3-4-2;;/h3*7H,3-6H2,1-2H3,(H,9,10);1,3-4H2,2H3;;. The summed E-state index contributed by atoms with van der Waals surface area (Å²) >= 11 is 1.45. The van der Waals surface area contributed by atoms with Crippen molar-refractivity contribution in [3.8, 4) is 0 Å². The van der Waals surface area contributed by atoms with Gasteiger partial charge < -0.3 is 15.3 Å². The Labute approximate surface area is 230 Å². The Morgan fingerprint density at radius 3 is 0.829 bits per heavy atom. The zero-order valence-corrected chi connectivity index (χ0v) is 27.3. The van der Waals surface area contributed by atoms with Gasteiger partial charge in [0.25, 0.3) is 0 Å². The molecular weight excluding hydrogens is 551 g/mol. The fourth-order valence-corrected chi connectivity index (χ4v) is 4.23. The molecule has 0 saturated carbocycles. The van der Waals surface area contributed by atoms with E-state index in [-0.39, 0.29) is 17.8 Å². The first-order valence-corrected chi connectivity index (χ1v) is 16.3. The monoisotopic (exact) mass is 610 g/mol. The van der Waals surface area contributed by atoms with Crippen LogP contribution in [0.4, 0.5) is 0 Å². The summed E-state index contributed by atoms with van der Waals surface area (Å²) in [6.07, 6.45) is 14.0. The minimum atomic E-state index is -0.643. The van der Waals surface area contributed by atoms with Gasteiger partial charge >= 0.3 is 64.6 Å². The zero-order chi connectivity index (χ0) is 28.1. The van der Waals surface area contributed by atoms with Crippen molar-refractivity contribution in [1.82, 2.24) is 0 Å². The number of hydrogen-bond acceptors (Lipinski definition) is 3. The molecule has 3 N–H and O–H groups in total. The van der Waals surface area contributed by atoms with Crippen LogP contribution in [0.15, 0.2) is 0 Å². The van der Waals surface area contributed by atoms with Gasteiger partial charge in [0, 0.05) is 0 Å². The van der Waals surface area contributed by atoms with Crippen molar-refractivity contribution in [1.29, 1.82) is 0 Å². The predicted molar refractivity (Wildman–Crippen MR) is 150 cm³/mol. The van der Waals surface area contributed by atoms with E-state index in [2.05, 4.69) is 27.7 Å². The van der Waals surface area contributed by atoms with Crippen molar-refractivity contribution >= 4 is 40.4 Å². The summed E-state index contributed by atoms with van der Waals surface area (Å²) in [6.45, 7) is 14.2. The topological polar surface area (TPSA) is 112 Å². The summed E-state index contributed by atoms with van der Waals surface area (Å²) in [5, 5.41) is 25.8. The third kappa shape index (κ3) is 33.2. The molecule has 210 valence electrons. The third-order valence-electron chi connectivity index (χ3n) is 5.80. The molecule has 0 aliphatic carbocycles. The molecule has 2 radical (unpaired) electrons. The normalized spacial score (nSPS) is 12.3. The van der Waals surface area contributed by atoms with E-state index in [1.54, 1.807) is 0 Å². The van der Waals surface area contributed by atoms with Crippen molar-refractivity contribution in [2.75, 3.05) is 0 Å². The maximum absolute atomic E-state index is 10.4. The molecule has 0 rings (SSSR count).